The molecule has 0 aromatic heterocycles. The molecular formula is C18H23ClN3O2+. The average Bonchev–Trinajstić information content (AvgIpc) is 2.55. The number of amides is 1. The number of ether oxygens (including phenoxy) is 1. The predicted molar refractivity (Wildman–Crippen MR) is 100 cm³/mol. The first kappa shape index (κ1) is 19.5. The number of carbonyl (C=O) groups is 1. The van der Waals surface area contributed by atoms with Crippen LogP contribution >= 0.6 is 12.4 Å². The van der Waals surface area contributed by atoms with E-state index in [2.05, 4.69) is 10.6 Å². The van der Waals surface area contributed by atoms with Gasteiger partial charge in [0.1, 0.15) is 12.3 Å². The number of carbonyl (C=O) groups excluding carboxylic acids is 1. The summed E-state index contributed by atoms with van der Waals surface area (Å²) in [7, 11) is 3.95. The highest BCUT2D eigenvalue weighted by Crippen LogP contribution is 2.14. The monoisotopic (exact) mass is 348 g/mol. The third-order valence-electron chi connectivity index (χ3n) is 3.34. The lowest BCUT2D eigenvalue weighted by Gasteiger charge is -2.07. The molecule has 0 unspecified atom stereocenters. The molecule has 0 heterocycles. The number of hydrogen-bond donors (Lipinski definition) is 2. The van der Waals surface area contributed by atoms with Crippen molar-refractivity contribution in [3.05, 3.63) is 60.2 Å². The second-order valence-electron chi connectivity index (χ2n) is 5.37. The van der Waals surface area contributed by atoms with Crippen molar-refractivity contribution in [2.24, 2.45) is 0 Å². The number of hydrogen-bond acceptors (Lipinski definition) is 2. The highest BCUT2D eigenvalue weighted by molar-refractivity contribution is 5.90. The largest absolute Gasteiger partial charge is 0.444 e. The summed E-state index contributed by atoms with van der Waals surface area (Å²) < 4.78 is 7.17. The highest BCUT2D eigenvalue weighted by atomic mass is 35.5. The van der Waals surface area contributed by atoms with Gasteiger partial charge in [0.05, 0.1) is 14.1 Å². The fraction of sp³-hybridized carbons (Fsp3) is 0.222. The van der Waals surface area contributed by atoms with Crippen LogP contribution in [0, 0.1) is 0 Å². The molecule has 6 heteroatoms. The van der Waals surface area contributed by atoms with Crippen LogP contribution in [0.25, 0.3) is 0 Å². The SMILES string of the molecule is CC(Nc1ccc(NC(=O)OCc2ccccc2)cc1)=[N+](C)C.Cl. The van der Waals surface area contributed by atoms with Crippen molar-refractivity contribution in [2.75, 3.05) is 24.7 Å². The van der Waals surface area contributed by atoms with E-state index < -0.39 is 6.09 Å². The average molecular weight is 349 g/mol. The summed E-state index contributed by atoms with van der Waals surface area (Å²) in [5, 5.41) is 5.98. The normalized spacial score (nSPS) is 9.46. The standard InChI is InChI=1S/C18H21N3O2.ClH/c1-14(21(2)3)19-16-9-11-17(12-10-16)20-18(22)23-13-15-7-5-4-6-8-15;/h4-12H,13H2,1-3H3,(H,20,22);1H/p+1. The topological polar surface area (TPSA) is 53.4 Å². The van der Waals surface area contributed by atoms with Gasteiger partial charge in [0.25, 0.3) is 0 Å². The molecular weight excluding hydrogens is 326 g/mol. The molecule has 2 rings (SSSR count). The van der Waals surface area contributed by atoms with Crippen LogP contribution in [-0.2, 0) is 11.3 Å². The van der Waals surface area contributed by atoms with E-state index >= 15 is 0 Å². The van der Waals surface area contributed by atoms with E-state index in [1.807, 2.05) is 80.2 Å². The first-order chi connectivity index (χ1) is 11.0. The smallest absolute Gasteiger partial charge is 0.411 e. The molecule has 1 amide bonds. The maximum atomic E-state index is 11.8. The summed E-state index contributed by atoms with van der Waals surface area (Å²) in [6.45, 7) is 2.25. The predicted octanol–water partition coefficient (Wildman–Crippen LogP) is 3.96. The Kier molecular flexibility index (Phi) is 7.79. The van der Waals surface area contributed by atoms with Crippen molar-refractivity contribution >= 4 is 35.7 Å². The van der Waals surface area contributed by atoms with Crippen molar-refractivity contribution in [3.63, 3.8) is 0 Å². The van der Waals surface area contributed by atoms with Crippen LogP contribution in [0.4, 0.5) is 16.2 Å². The minimum atomic E-state index is -0.467. The van der Waals surface area contributed by atoms with Gasteiger partial charge in [-0.05, 0) is 29.8 Å². The Balaban J connectivity index is 0.00000288. The summed E-state index contributed by atoms with van der Waals surface area (Å²) in [5.41, 5.74) is 2.60. The molecule has 2 aromatic rings. The van der Waals surface area contributed by atoms with Crippen LogP contribution in [0.2, 0.25) is 0 Å². The number of nitrogens with one attached hydrogen (secondary N) is 2. The van der Waals surface area contributed by atoms with Gasteiger partial charge in [-0.1, -0.05) is 30.3 Å². The Labute approximate surface area is 148 Å². The highest BCUT2D eigenvalue weighted by Gasteiger charge is 2.06. The van der Waals surface area contributed by atoms with E-state index in [0.717, 1.165) is 17.1 Å². The van der Waals surface area contributed by atoms with Crippen molar-refractivity contribution in [1.29, 1.82) is 0 Å². The third-order valence-corrected chi connectivity index (χ3v) is 3.34. The molecule has 0 saturated carbocycles. The molecule has 0 radical (unpaired) electrons. The number of halogens is 1. The molecule has 2 N–H and O–H groups in total. The molecule has 0 saturated heterocycles. The summed E-state index contributed by atoms with van der Waals surface area (Å²) in [6.07, 6.45) is -0.467. The molecule has 0 bridgehead atoms. The van der Waals surface area contributed by atoms with Crippen molar-refractivity contribution in [3.8, 4) is 0 Å². The van der Waals surface area contributed by atoms with Crippen molar-refractivity contribution < 1.29 is 14.1 Å². The van der Waals surface area contributed by atoms with E-state index in [1.165, 1.54) is 0 Å². The first-order valence-electron chi connectivity index (χ1n) is 7.40. The molecule has 0 fully saturated rings. The van der Waals surface area contributed by atoms with Crippen molar-refractivity contribution in [2.45, 2.75) is 13.5 Å². The van der Waals surface area contributed by atoms with Gasteiger partial charge in [-0.15, -0.1) is 12.4 Å². The van der Waals surface area contributed by atoms with Gasteiger partial charge in [-0.25, -0.2) is 10.1 Å². The van der Waals surface area contributed by atoms with E-state index in [4.69, 9.17) is 4.74 Å². The molecule has 5 nitrogen and oxygen atoms in total. The minimum absolute atomic E-state index is 0. The second-order valence-corrected chi connectivity index (χ2v) is 5.37. The van der Waals surface area contributed by atoms with Crippen LogP contribution in [0.3, 0.4) is 0 Å². The summed E-state index contributed by atoms with van der Waals surface area (Å²) in [4.78, 5) is 11.8. The van der Waals surface area contributed by atoms with E-state index in [-0.39, 0.29) is 19.0 Å². The Morgan fingerprint density at radius 1 is 0.958 bits per heavy atom. The van der Waals surface area contributed by atoms with Gasteiger partial charge in [-0.2, -0.15) is 0 Å². The van der Waals surface area contributed by atoms with Gasteiger partial charge in [0.2, 0.25) is 5.84 Å². The first-order valence-corrected chi connectivity index (χ1v) is 7.40. The Morgan fingerprint density at radius 3 is 2.04 bits per heavy atom. The lowest BCUT2D eigenvalue weighted by Crippen LogP contribution is -2.18. The lowest BCUT2D eigenvalue weighted by molar-refractivity contribution is -0.464. The number of nitrogens with zero attached hydrogens (tertiary/aromatic N) is 1. The zero-order valence-electron chi connectivity index (χ0n) is 14.1. The van der Waals surface area contributed by atoms with Crippen molar-refractivity contribution in [1.82, 2.24) is 0 Å². The number of benzene rings is 2. The molecule has 2 aromatic carbocycles. The fourth-order valence-corrected chi connectivity index (χ4v) is 1.83. The van der Waals surface area contributed by atoms with Crippen LogP contribution in [0.15, 0.2) is 54.6 Å². The molecule has 0 spiro atoms. The summed E-state index contributed by atoms with van der Waals surface area (Å²) in [5.74, 6) is 1.04. The quantitative estimate of drug-likeness (QED) is 0.499. The number of anilines is 2. The Hall–Kier alpha value is -2.53. The zero-order valence-corrected chi connectivity index (χ0v) is 14.9. The van der Waals surface area contributed by atoms with Gasteiger partial charge in [0.15, 0.2) is 0 Å². The van der Waals surface area contributed by atoms with Crippen LogP contribution in [0.5, 0.6) is 0 Å². The van der Waals surface area contributed by atoms with Crippen LogP contribution in [-0.4, -0.2) is 30.6 Å². The Morgan fingerprint density at radius 2 is 1.50 bits per heavy atom. The van der Waals surface area contributed by atoms with Crippen LogP contribution < -0.4 is 10.6 Å². The van der Waals surface area contributed by atoms with Gasteiger partial charge in [-0.3, -0.25) is 9.89 Å². The molecule has 128 valence electrons. The van der Waals surface area contributed by atoms with E-state index in [1.54, 1.807) is 0 Å². The van der Waals surface area contributed by atoms with Gasteiger partial charge < -0.3 is 4.74 Å². The number of amidine groups is 1. The molecule has 0 aliphatic carbocycles. The lowest BCUT2D eigenvalue weighted by atomic mass is 10.2. The second kappa shape index (κ2) is 9.57. The van der Waals surface area contributed by atoms with Gasteiger partial charge >= 0.3 is 6.09 Å². The van der Waals surface area contributed by atoms with Crippen LogP contribution in [0.1, 0.15) is 12.5 Å². The Bertz CT molecular complexity index is 681. The van der Waals surface area contributed by atoms with Gasteiger partial charge in [0, 0.05) is 12.6 Å². The molecule has 0 aliphatic rings. The molecule has 24 heavy (non-hydrogen) atoms. The maximum Gasteiger partial charge on any atom is 0.411 e. The number of rotatable bonds is 4. The zero-order chi connectivity index (χ0) is 16.7. The maximum absolute atomic E-state index is 11.8. The molecule has 0 aliphatic heterocycles. The summed E-state index contributed by atoms with van der Waals surface area (Å²) in [6, 6.07) is 17.0. The fourth-order valence-electron chi connectivity index (χ4n) is 1.83. The molecule has 0 atom stereocenters. The summed E-state index contributed by atoms with van der Waals surface area (Å²) >= 11 is 0. The minimum Gasteiger partial charge on any atom is -0.444 e. The third kappa shape index (κ3) is 6.30. The van der Waals surface area contributed by atoms with E-state index in [0.29, 0.717) is 5.69 Å². The van der Waals surface area contributed by atoms with E-state index in [9.17, 15) is 4.79 Å².